The summed E-state index contributed by atoms with van der Waals surface area (Å²) in [5, 5.41) is 1.10. The highest BCUT2D eigenvalue weighted by Gasteiger charge is 2.24. The van der Waals surface area contributed by atoms with Gasteiger partial charge in [0, 0.05) is 25.3 Å². The Kier molecular flexibility index (Phi) is 2.91. The minimum atomic E-state index is 0.247. The second-order valence-electron chi connectivity index (χ2n) is 5.14. The van der Waals surface area contributed by atoms with Crippen molar-refractivity contribution in [1.82, 2.24) is 15.0 Å². The summed E-state index contributed by atoms with van der Waals surface area (Å²) in [6.07, 6.45) is 5.94. The Hall–Kier alpha value is -1.62. The fourth-order valence-corrected chi connectivity index (χ4v) is 2.74. The molecule has 0 aliphatic carbocycles. The van der Waals surface area contributed by atoms with Gasteiger partial charge in [0.25, 0.3) is 0 Å². The molecule has 2 unspecified atom stereocenters. The average molecular weight is 245 g/mol. The lowest BCUT2D eigenvalue weighted by Gasteiger charge is -2.35. The molecule has 96 valence electrons. The van der Waals surface area contributed by atoms with Crippen molar-refractivity contribution in [2.45, 2.75) is 25.8 Å². The first-order valence-corrected chi connectivity index (χ1v) is 6.54. The quantitative estimate of drug-likeness (QED) is 0.841. The van der Waals surface area contributed by atoms with Crippen LogP contribution in [0.25, 0.3) is 11.0 Å². The van der Waals surface area contributed by atoms with E-state index in [0.29, 0.717) is 5.92 Å². The minimum Gasteiger partial charge on any atom is -0.356 e. The second kappa shape index (κ2) is 4.57. The van der Waals surface area contributed by atoms with Gasteiger partial charge in [-0.3, -0.25) is 0 Å². The Morgan fingerprint density at radius 2 is 2.39 bits per heavy atom. The molecule has 3 heterocycles. The van der Waals surface area contributed by atoms with E-state index < -0.39 is 0 Å². The molecule has 3 rings (SSSR count). The molecule has 1 fully saturated rings. The Balaban J connectivity index is 1.92. The molecular weight excluding hydrogens is 226 g/mol. The van der Waals surface area contributed by atoms with Crippen LogP contribution in [0.2, 0.25) is 0 Å². The highest BCUT2D eigenvalue weighted by Crippen LogP contribution is 2.27. The molecule has 0 radical (unpaired) electrons. The number of aromatic nitrogens is 3. The molecule has 5 heteroatoms. The van der Waals surface area contributed by atoms with Crippen LogP contribution in [0, 0.1) is 5.92 Å². The summed E-state index contributed by atoms with van der Waals surface area (Å²) in [5.74, 6) is 1.59. The molecule has 18 heavy (non-hydrogen) atoms. The topological polar surface area (TPSA) is 70.8 Å². The van der Waals surface area contributed by atoms with Gasteiger partial charge in [-0.05, 0) is 31.7 Å². The molecule has 0 amide bonds. The minimum absolute atomic E-state index is 0.247. The fraction of sp³-hybridized carbons (Fsp3) is 0.538. The van der Waals surface area contributed by atoms with E-state index in [0.717, 1.165) is 29.9 Å². The molecule has 0 aromatic carbocycles. The summed E-state index contributed by atoms with van der Waals surface area (Å²) in [6.45, 7) is 4.15. The molecule has 2 atom stereocenters. The van der Waals surface area contributed by atoms with Gasteiger partial charge in [0.2, 0.25) is 0 Å². The molecule has 1 aliphatic heterocycles. The van der Waals surface area contributed by atoms with Crippen LogP contribution in [-0.2, 0) is 0 Å². The molecule has 5 nitrogen and oxygen atoms in total. The third-order valence-corrected chi connectivity index (χ3v) is 3.83. The smallest absolute Gasteiger partial charge is 0.142 e. The predicted octanol–water partition coefficient (Wildman–Crippen LogP) is 1.52. The van der Waals surface area contributed by atoms with Gasteiger partial charge in [0.1, 0.15) is 17.8 Å². The van der Waals surface area contributed by atoms with Crippen molar-refractivity contribution in [3.05, 3.63) is 18.6 Å². The molecular formula is C13H19N5. The normalized spacial score (nSPS) is 22.3. The molecule has 1 aliphatic rings. The zero-order chi connectivity index (χ0) is 12.5. The molecule has 2 aromatic rings. The molecule has 0 spiro atoms. The number of hydrogen-bond donors (Lipinski definition) is 2. The van der Waals surface area contributed by atoms with Crippen molar-refractivity contribution < 1.29 is 0 Å². The average Bonchev–Trinajstić information content (AvgIpc) is 2.87. The third-order valence-electron chi connectivity index (χ3n) is 3.83. The monoisotopic (exact) mass is 245 g/mol. The van der Waals surface area contributed by atoms with Gasteiger partial charge >= 0.3 is 0 Å². The number of nitrogens with zero attached hydrogens (tertiary/aromatic N) is 3. The largest absolute Gasteiger partial charge is 0.356 e. The van der Waals surface area contributed by atoms with E-state index in [9.17, 15) is 0 Å². The van der Waals surface area contributed by atoms with E-state index in [1.807, 2.05) is 12.3 Å². The lowest BCUT2D eigenvalue weighted by atomic mass is 9.92. The first-order valence-electron chi connectivity index (χ1n) is 6.54. The first kappa shape index (κ1) is 11.5. The summed E-state index contributed by atoms with van der Waals surface area (Å²) in [5.41, 5.74) is 6.94. The number of fused-ring (bicyclic) bond motifs is 1. The molecule has 2 aromatic heterocycles. The van der Waals surface area contributed by atoms with Gasteiger partial charge in [0.05, 0.1) is 5.39 Å². The Bertz CT molecular complexity index is 533. The van der Waals surface area contributed by atoms with Gasteiger partial charge in [-0.15, -0.1) is 0 Å². The van der Waals surface area contributed by atoms with E-state index in [1.54, 1.807) is 6.33 Å². The molecule has 0 bridgehead atoms. The summed E-state index contributed by atoms with van der Waals surface area (Å²) < 4.78 is 0. The number of piperidine rings is 1. The summed E-state index contributed by atoms with van der Waals surface area (Å²) in [7, 11) is 0. The summed E-state index contributed by atoms with van der Waals surface area (Å²) in [6, 6.07) is 2.29. The fourth-order valence-electron chi connectivity index (χ4n) is 2.74. The van der Waals surface area contributed by atoms with Crippen molar-refractivity contribution in [3.63, 3.8) is 0 Å². The Morgan fingerprint density at radius 1 is 1.50 bits per heavy atom. The van der Waals surface area contributed by atoms with Crippen LogP contribution in [0.4, 0.5) is 5.82 Å². The van der Waals surface area contributed by atoms with E-state index in [-0.39, 0.29) is 6.04 Å². The maximum absolute atomic E-state index is 6.03. The van der Waals surface area contributed by atoms with Crippen LogP contribution in [0.15, 0.2) is 18.6 Å². The van der Waals surface area contributed by atoms with Crippen molar-refractivity contribution >= 4 is 16.9 Å². The van der Waals surface area contributed by atoms with Crippen molar-refractivity contribution in [3.8, 4) is 0 Å². The van der Waals surface area contributed by atoms with Crippen LogP contribution >= 0.6 is 0 Å². The molecule has 1 saturated heterocycles. The summed E-state index contributed by atoms with van der Waals surface area (Å²) in [4.78, 5) is 14.2. The van der Waals surface area contributed by atoms with Crippen LogP contribution in [0.5, 0.6) is 0 Å². The number of H-pyrrole nitrogens is 1. The van der Waals surface area contributed by atoms with E-state index in [1.165, 1.54) is 12.8 Å². The highest BCUT2D eigenvalue weighted by molar-refractivity contribution is 5.87. The summed E-state index contributed by atoms with van der Waals surface area (Å²) >= 11 is 0. The van der Waals surface area contributed by atoms with Crippen LogP contribution in [-0.4, -0.2) is 34.1 Å². The van der Waals surface area contributed by atoms with Gasteiger partial charge < -0.3 is 15.6 Å². The number of hydrogen-bond acceptors (Lipinski definition) is 4. The number of nitrogens with one attached hydrogen (secondary N) is 1. The number of anilines is 1. The van der Waals surface area contributed by atoms with Crippen LogP contribution in [0.3, 0.4) is 0 Å². The highest BCUT2D eigenvalue weighted by atomic mass is 15.2. The number of nitrogens with two attached hydrogens (primary N) is 1. The number of aromatic amines is 1. The van der Waals surface area contributed by atoms with Gasteiger partial charge in [-0.2, -0.15) is 0 Å². The van der Waals surface area contributed by atoms with Crippen molar-refractivity contribution in [1.29, 1.82) is 0 Å². The Morgan fingerprint density at radius 3 is 3.22 bits per heavy atom. The first-order chi connectivity index (χ1) is 8.75. The van der Waals surface area contributed by atoms with E-state index in [2.05, 4.69) is 26.8 Å². The van der Waals surface area contributed by atoms with Crippen LogP contribution < -0.4 is 10.6 Å². The van der Waals surface area contributed by atoms with Gasteiger partial charge in [0.15, 0.2) is 0 Å². The molecule has 3 N–H and O–H groups in total. The molecule has 0 saturated carbocycles. The zero-order valence-corrected chi connectivity index (χ0v) is 10.6. The predicted molar refractivity (Wildman–Crippen MR) is 72.5 cm³/mol. The lowest BCUT2D eigenvalue weighted by Crippen LogP contribution is -2.42. The standard InChI is InChI=1S/C13H19N5/c1-9(14)10-3-2-6-18(7-10)13-11-4-5-15-12(11)16-8-17-13/h4-5,8-10H,2-3,6-7,14H2,1H3,(H,15,16,17). The van der Waals surface area contributed by atoms with E-state index >= 15 is 0 Å². The lowest BCUT2D eigenvalue weighted by molar-refractivity contribution is 0.363. The second-order valence-corrected chi connectivity index (χ2v) is 5.14. The van der Waals surface area contributed by atoms with Crippen molar-refractivity contribution in [2.24, 2.45) is 11.7 Å². The van der Waals surface area contributed by atoms with E-state index in [4.69, 9.17) is 5.73 Å². The SMILES string of the molecule is CC(N)C1CCCN(c2ncnc3[nH]ccc23)C1. The zero-order valence-electron chi connectivity index (χ0n) is 10.6. The third kappa shape index (κ3) is 1.95. The van der Waals surface area contributed by atoms with Crippen LogP contribution in [0.1, 0.15) is 19.8 Å². The van der Waals surface area contributed by atoms with Gasteiger partial charge in [-0.1, -0.05) is 0 Å². The van der Waals surface area contributed by atoms with Crippen molar-refractivity contribution in [2.75, 3.05) is 18.0 Å². The maximum atomic E-state index is 6.03. The Labute approximate surface area is 106 Å². The van der Waals surface area contributed by atoms with Gasteiger partial charge in [-0.25, -0.2) is 9.97 Å². The number of rotatable bonds is 2. The maximum Gasteiger partial charge on any atom is 0.142 e.